The molecule has 2 aromatic rings. The molecule has 5 heteroatoms. The van der Waals surface area contributed by atoms with Gasteiger partial charge in [0.25, 0.3) is 0 Å². The molecule has 1 heterocycles. The van der Waals surface area contributed by atoms with Crippen LogP contribution in [-0.2, 0) is 11.3 Å². The Labute approximate surface area is 126 Å². The Morgan fingerprint density at radius 3 is 2.67 bits per heavy atom. The van der Waals surface area contributed by atoms with E-state index in [4.69, 9.17) is 11.6 Å². The lowest BCUT2D eigenvalue weighted by molar-refractivity contribution is -0.125. The van der Waals surface area contributed by atoms with Gasteiger partial charge in [0.15, 0.2) is 0 Å². The molecule has 0 spiro atoms. The summed E-state index contributed by atoms with van der Waals surface area (Å²) in [6.07, 6.45) is 0. The molecule has 1 aliphatic heterocycles. The van der Waals surface area contributed by atoms with Gasteiger partial charge < -0.3 is 0 Å². The minimum absolute atomic E-state index is 0.0933. The summed E-state index contributed by atoms with van der Waals surface area (Å²) in [7, 11) is 0. The standard InChI is InChI=1S/C16H12ClFN2O/c17-13-6-4-12(5-7-13)16-19-9-15(21)20(16)10-11-2-1-3-14(18)8-11/h1-8H,9-10H2. The van der Waals surface area contributed by atoms with Crippen molar-refractivity contribution in [2.24, 2.45) is 4.99 Å². The quantitative estimate of drug-likeness (QED) is 0.856. The van der Waals surface area contributed by atoms with Crippen molar-refractivity contribution < 1.29 is 9.18 Å². The lowest BCUT2D eigenvalue weighted by Gasteiger charge is -2.19. The maximum absolute atomic E-state index is 13.3. The van der Waals surface area contributed by atoms with E-state index in [-0.39, 0.29) is 18.3 Å². The minimum atomic E-state index is -0.316. The molecular formula is C16H12ClFN2O. The van der Waals surface area contributed by atoms with Crippen LogP contribution in [0.1, 0.15) is 11.1 Å². The molecule has 0 saturated heterocycles. The second-order valence-corrected chi connectivity index (χ2v) is 5.19. The van der Waals surface area contributed by atoms with E-state index in [1.165, 1.54) is 12.1 Å². The average Bonchev–Trinajstić information content (AvgIpc) is 2.81. The molecule has 0 atom stereocenters. The average molecular weight is 303 g/mol. The monoisotopic (exact) mass is 302 g/mol. The zero-order valence-electron chi connectivity index (χ0n) is 11.1. The number of aliphatic imine (C=N–C) groups is 1. The SMILES string of the molecule is O=C1CN=C(c2ccc(Cl)cc2)N1Cc1cccc(F)c1. The Kier molecular flexibility index (Phi) is 3.71. The van der Waals surface area contributed by atoms with Gasteiger partial charge in [0.05, 0.1) is 6.54 Å². The number of halogens is 2. The number of carbonyl (C=O) groups is 1. The molecule has 106 valence electrons. The first-order valence-corrected chi connectivity index (χ1v) is 6.86. The molecule has 0 unspecified atom stereocenters. The number of benzene rings is 2. The van der Waals surface area contributed by atoms with Crippen LogP contribution in [0.3, 0.4) is 0 Å². The van der Waals surface area contributed by atoms with Gasteiger partial charge in [-0.05, 0) is 42.0 Å². The number of amides is 1. The zero-order chi connectivity index (χ0) is 14.8. The predicted octanol–water partition coefficient (Wildman–Crippen LogP) is 3.27. The van der Waals surface area contributed by atoms with Gasteiger partial charge in [-0.3, -0.25) is 14.7 Å². The summed E-state index contributed by atoms with van der Waals surface area (Å²) in [5, 5.41) is 0.625. The summed E-state index contributed by atoms with van der Waals surface area (Å²) in [5.41, 5.74) is 1.55. The third-order valence-electron chi connectivity index (χ3n) is 3.25. The molecular weight excluding hydrogens is 291 g/mol. The molecule has 21 heavy (non-hydrogen) atoms. The Morgan fingerprint density at radius 1 is 1.19 bits per heavy atom. The van der Waals surface area contributed by atoms with Crippen molar-refractivity contribution in [3.63, 3.8) is 0 Å². The summed E-state index contributed by atoms with van der Waals surface area (Å²) in [6, 6.07) is 13.4. The van der Waals surface area contributed by atoms with Crippen molar-refractivity contribution in [3.05, 3.63) is 70.5 Å². The first-order chi connectivity index (χ1) is 10.1. The molecule has 2 aromatic carbocycles. The highest BCUT2D eigenvalue weighted by molar-refractivity contribution is 6.30. The number of rotatable bonds is 3. The molecule has 0 fully saturated rings. The van der Waals surface area contributed by atoms with E-state index in [1.807, 2.05) is 12.1 Å². The van der Waals surface area contributed by atoms with E-state index in [1.54, 1.807) is 29.2 Å². The molecule has 0 N–H and O–H groups in total. The highest BCUT2D eigenvalue weighted by Crippen LogP contribution is 2.18. The molecule has 0 aromatic heterocycles. The fraction of sp³-hybridized carbons (Fsp3) is 0.125. The number of hydrogen-bond acceptors (Lipinski definition) is 2. The van der Waals surface area contributed by atoms with Gasteiger partial charge >= 0.3 is 0 Å². The maximum atomic E-state index is 13.3. The van der Waals surface area contributed by atoms with E-state index in [0.717, 1.165) is 11.1 Å². The van der Waals surface area contributed by atoms with Crippen molar-refractivity contribution in [2.45, 2.75) is 6.54 Å². The lowest BCUT2D eigenvalue weighted by Crippen LogP contribution is -2.32. The first-order valence-electron chi connectivity index (χ1n) is 6.49. The Bertz CT molecular complexity index is 712. The van der Waals surface area contributed by atoms with Gasteiger partial charge in [-0.1, -0.05) is 23.7 Å². The van der Waals surface area contributed by atoms with Crippen molar-refractivity contribution in [1.82, 2.24) is 4.90 Å². The van der Waals surface area contributed by atoms with Crippen LogP contribution in [0, 0.1) is 5.82 Å². The molecule has 0 aliphatic carbocycles. The third-order valence-corrected chi connectivity index (χ3v) is 3.50. The Balaban J connectivity index is 1.87. The second kappa shape index (κ2) is 5.66. The van der Waals surface area contributed by atoms with E-state index >= 15 is 0 Å². The molecule has 1 amide bonds. The van der Waals surface area contributed by atoms with Crippen LogP contribution in [0.5, 0.6) is 0 Å². The van der Waals surface area contributed by atoms with E-state index in [9.17, 15) is 9.18 Å². The Morgan fingerprint density at radius 2 is 1.95 bits per heavy atom. The lowest BCUT2D eigenvalue weighted by atomic mass is 10.1. The smallest absolute Gasteiger partial charge is 0.250 e. The molecule has 3 rings (SSSR count). The minimum Gasteiger partial charge on any atom is -0.290 e. The van der Waals surface area contributed by atoms with Crippen LogP contribution in [0.15, 0.2) is 53.5 Å². The Hall–Kier alpha value is -2.20. The van der Waals surface area contributed by atoms with Crippen molar-refractivity contribution in [3.8, 4) is 0 Å². The van der Waals surface area contributed by atoms with Crippen LogP contribution >= 0.6 is 11.6 Å². The molecule has 3 nitrogen and oxygen atoms in total. The van der Waals surface area contributed by atoms with E-state index < -0.39 is 0 Å². The summed E-state index contributed by atoms with van der Waals surface area (Å²) in [5.74, 6) is 0.189. The summed E-state index contributed by atoms with van der Waals surface area (Å²) >= 11 is 5.87. The number of carbonyl (C=O) groups excluding carboxylic acids is 1. The fourth-order valence-electron chi connectivity index (χ4n) is 2.26. The summed E-state index contributed by atoms with van der Waals surface area (Å²) in [4.78, 5) is 17.8. The van der Waals surface area contributed by atoms with Gasteiger partial charge in [0.2, 0.25) is 5.91 Å². The van der Waals surface area contributed by atoms with Crippen molar-refractivity contribution >= 4 is 23.3 Å². The van der Waals surface area contributed by atoms with Crippen LogP contribution in [-0.4, -0.2) is 23.2 Å². The van der Waals surface area contributed by atoms with Crippen LogP contribution in [0.4, 0.5) is 4.39 Å². The summed E-state index contributed by atoms with van der Waals surface area (Å²) < 4.78 is 13.3. The number of hydrogen-bond donors (Lipinski definition) is 0. The van der Waals surface area contributed by atoms with Crippen LogP contribution in [0.2, 0.25) is 5.02 Å². The van der Waals surface area contributed by atoms with Crippen molar-refractivity contribution in [1.29, 1.82) is 0 Å². The maximum Gasteiger partial charge on any atom is 0.250 e. The van der Waals surface area contributed by atoms with Gasteiger partial charge in [0.1, 0.15) is 18.2 Å². The van der Waals surface area contributed by atoms with Gasteiger partial charge in [-0.2, -0.15) is 0 Å². The van der Waals surface area contributed by atoms with Crippen LogP contribution in [0.25, 0.3) is 0 Å². The number of amidine groups is 1. The van der Waals surface area contributed by atoms with Crippen molar-refractivity contribution in [2.75, 3.05) is 6.54 Å². The highest BCUT2D eigenvalue weighted by Gasteiger charge is 2.26. The predicted molar refractivity (Wildman–Crippen MR) is 79.8 cm³/mol. The van der Waals surface area contributed by atoms with Crippen LogP contribution < -0.4 is 0 Å². The van der Waals surface area contributed by atoms with E-state index in [2.05, 4.69) is 4.99 Å². The van der Waals surface area contributed by atoms with Gasteiger partial charge in [-0.15, -0.1) is 0 Å². The first kappa shape index (κ1) is 13.8. The van der Waals surface area contributed by atoms with E-state index in [0.29, 0.717) is 17.4 Å². The fourth-order valence-corrected chi connectivity index (χ4v) is 2.38. The zero-order valence-corrected chi connectivity index (χ0v) is 11.8. The van der Waals surface area contributed by atoms with Gasteiger partial charge in [0, 0.05) is 10.6 Å². The second-order valence-electron chi connectivity index (χ2n) is 4.76. The molecule has 0 saturated carbocycles. The largest absolute Gasteiger partial charge is 0.290 e. The van der Waals surface area contributed by atoms with Gasteiger partial charge in [-0.25, -0.2) is 4.39 Å². The molecule has 0 bridgehead atoms. The summed E-state index contributed by atoms with van der Waals surface area (Å²) in [6.45, 7) is 0.422. The molecule has 1 aliphatic rings. The normalized spacial score (nSPS) is 14.5. The molecule has 0 radical (unpaired) electrons. The topological polar surface area (TPSA) is 32.7 Å². The third kappa shape index (κ3) is 2.95. The highest BCUT2D eigenvalue weighted by atomic mass is 35.5. The number of nitrogens with zero attached hydrogens (tertiary/aromatic N) is 2.